The fraction of sp³-hybridized carbons (Fsp3) is 0.316. The number of carbonyl (C=O) groups is 1. The number of piperidine rings is 1. The summed E-state index contributed by atoms with van der Waals surface area (Å²) in [6.07, 6.45) is 3.50. The van der Waals surface area contributed by atoms with Crippen molar-refractivity contribution in [2.45, 2.75) is 25.8 Å². The zero-order chi connectivity index (χ0) is 21.8. The fourth-order valence-electron chi connectivity index (χ4n) is 3.55. The first-order valence-electron chi connectivity index (χ1n) is 9.90. The molecule has 5 N–H and O–H groups in total. The van der Waals surface area contributed by atoms with Gasteiger partial charge in [0.05, 0.1) is 18.8 Å². The smallest absolute Gasteiger partial charge is 0.292 e. The number of hydrogen-bond acceptors (Lipinski definition) is 8. The number of aromatic nitrogens is 5. The lowest BCUT2D eigenvalue weighted by atomic mass is 10.1. The van der Waals surface area contributed by atoms with E-state index in [0.29, 0.717) is 17.9 Å². The molecule has 1 fully saturated rings. The average molecular weight is 489 g/mol. The number of nitrogens with one attached hydrogen (secondary N) is 3. The van der Waals surface area contributed by atoms with Gasteiger partial charge in [0, 0.05) is 4.47 Å². The molecular weight excluding hydrogens is 466 g/mol. The maximum Gasteiger partial charge on any atom is 0.292 e. The number of amides is 1. The first kappa shape index (κ1) is 21.0. The number of benzene rings is 1. The minimum Gasteiger partial charge on any atom is -0.378 e. The number of carbonyl (C=O) groups excluding carboxylic acids is 1. The molecule has 162 valence electrons. The van der Waals surface area contributed by atoms with Gasteiger partial charge in [0.25, 0.3) is 5.91 Å². The highest BCUT2D eigenvalue weighted by Crippen LogP contribution is 2.17. The molecule has 1 saturated heterocycles. The first-order chi connectivity index (χ1) is 15.0. The summed E-state index contributed by atoms with van der Waals surface area (Å²) >= 11 is 3.42. The molecule has 1 aromatic carbocycles. The van der Waals surface area contributed by atoms with Crippen molar-refractivity contribution in [3.05, 3.63) is 52.3 Å². The molecule has 3 heterocycles. The number of rotatable bonds is 7. The number of nitrogens with zero attached hydrogens (tertiary/aromatic N) is 5. The third-order valence-corrected chi connectivity index (χ3v) is 5.65. The third-order valence-electron chi connectivity index (χ3n) is 5.15. The number of anilines is 1. The van der Waals surface area contributed by atoms with Crippen molar-refractivity contribution >= 4 is 33.4 Å². The van der Waals surface area contributed by atoms with Crippen LogP contribution in [0.4, 0.5) is 5.82 Å². The second-order valence-electron chi connectivity index (χ2n) is 7.33. The molecule has 0 atom stereocenters. The molecule has 4 rings (SSSR count). The Bertz CT molecular complexity index is 1090. The van der Waals surface area contributed by atoms with Crippen LogP contribution >= 0.6 is 15.9 Å². The van der Waals surface area contributed by atoms with Crippen molar-refractivity contribution in [2.75, 3.05) is 18.8 Å². The van der Waals surface area contributed by atoms with Crippen LogP contribution in [-0.2, 0) is 6.54 Å². The van der Waals surface area contributed by atoms with Gasteiger partial charge in [-0.3, -0.25) is 15.6 Å². The quantitative estimate of drug-likeness (QED) is 0.351. The molecule has 11 nitrogen and oxygen atoms in total. The van der Waals surface area contributed by atoms with Crippen molar-refractivity contribution in [3.63, 3.8) is 0 Å². The van der Waals surface area contributed by atoms with Gasteiger partial charge < -0.3 is 10.6 Å². The monoisotopic (exact) mass is 488 g/mol. The molecule has 1 aliphatic rings. The van der Waals surface area contributed by atoms with Gasteiger partial charge in [0.2, 0.25) is 11.6 Å². The number of nitrogens with two attached hydrogens (primary N) is 1. The number of quaternary nitrogens is 1. The Kier molecular flexibility index (Phi) is 6.28. The molecule has 0 bridgehead atoms. The molecule has 0 radical (unpaired) electrons. The Morgan fingerprint density at radius 2 is 2.06 bits per heavy atom. The molecule has 0 unspecified atom stereocenters. The zero-order valence-electron chi connectivity index (χ0n) is 16.8. The third kappa shape index (κ3) is 4.75. The number of halogens is 1. The van der Waals surface area contributed by atoms with Crippen LogP contribution in [0.25, 0.3) is 11.5 Å². The van der Waals surface area contributed by atoms with Gasteiger partial charge in [-0.15, -0.1) is 5.10 Å². The summed E-state index contributed by atoms with van der Waals surface area (Å²) in [4.78, 5) is 14.3. The minimum absolute atomic E-state index is 0.0768. The Hall–Kier alpha value is -3.25. The van der Waals surface area contributed by atoms with Crippen molar-refractivity contribution in [2.24, 2.45) is 0 Å². The summed E-state index contributed by atoms with van der Waals surface area (Å²) in [5.41, 5.74) is 13.5. The van der Waals surface area contributed by atoms with Gasteiger partial charge in [-0.05, 0) is 47.3 Å². The van der Waals surface area contributed by atoms with Crippen LogP contribution in [0, 0.1) is 0 Å². The average Bonchev–Trinajstić information content (AvgIpc) is 3.38. The maximum atomic E-state index is 12.9. The van der Waals surface area contributed by atoms with E-state index < -0.39 is 5.91 Å². The fourth-order valence-corrected chi connectivity index (χ4v) is 3.95. The van der Waals surface area contributed by atoms with E-state index in [1.165, 1.54) is 16.0 Å². The number of hydrogen-bond donors (Lipinski definition) is 4. The molecule has 1 aliphatic heterocycles. The summed E-state index contributed by atoms with van der Waals surface area (Å²) in [7, 11) is 0. The largest absolute Gasteiger partial charge is 0.378 e. The molecule has 12 heteroatoms. The molecular formula is C19H23BrN9O2+. The van der Waals surface area contributed by atoms with Crippen molar-refractivity contribution in [3.8, 4) is 5.82 Å². The van der Waals surface area contributed by atoms with E-state index in [-0.39, 0.29) is 17.3 Å². The highest BCUT2D eigenvalue weighted by Gasteiger charge is 2.28. The second-order valence-corrected chi connectivity index (χ2v) is 8.24. The number of hydrazine groups is 1. The lowest BCUT2D eigenvalue weighted by molar-refractivity contribution is -0.918. The predicted octanol–water partition coefficient (Wildman–Crippen LogP) is 0.469. The Labute approximate surface area is 186 Å². The highest BCUT2D eigenvalue weighted by molar-refractivity contribution is 9.10. The van der Waals surface area contributed by atoms with E-state index in [1.807, 2.05) is 24.3 Å². The SMILES string of the molecule is C=C(NNC(=O)c1nnn(-c2nonc2N)c1C[NH+]1CCCCC1)c1cccc(Br)c1. The van der Waals surface area contributed by atoms with Gasteiger partial charge in [-0.1, -0.05) is 39.9 Å². The lowest BCUT2D eigenvalue weighted by Crippen LogP contribution is -3.11. The number of nitrogen functional groups attached to an aromatic ring is 1. The second kappa shape index (κ2) is 9.27. The van der Waals surface area contributed by atoms with Gasteiger partial charge in [0.1, 0.15) is 12.2 Å². The van der Waals surface area contributed by atoms with Gasteiger partial charge in [-0.25, -0.2) is 4.63 Å². The molecule has 31 heavy (non-hydrogen) atoms. The van der Waals surface area contributed by atoms with Crippen LogP contribution in [0.1, 0.15) is 41.0 Å². The van der Waals surface area contributed by atoms with Gasteiger partial charge in [-0.2, -0.15) is 4.68 Å². The Morgan fingerprint density at radius 1 is 1.26 bits per heavy atom. The van der Waals surface area contributed by atoms with E-state index in [0.717, 1.165) is 36.0 Å². The first-order valence-corrected chi connectivity index (χ1v) is 10.7. The standard InChI is InChI=1S/C19H22BrN9O2/c1-12(13-6-5-7-14(20)10-13)22-24-19(30)16-15(11-28-8-3-2-4-9-28)29(27-23-16)18-17(21)25-31-26-18/h5-7,10,22H,1-4,8-9,11H2,(H2,21,25)(H,24,30)/p+1. The van der Waals surface area contributed by atoms with Gasteiger partial charge in [0.15, 0.2) is 5.69 Å². The van der Waals surface area contributed by atoms with E-state index >= 15 is 0 Å². The van der Waals surface area contributed by atoms with Crippen molar-refractivity contribution in [1.82, 2.24) is 36.2 Å². The minimum atomic E-state index is -0.441. The van der Waals surface area contributed by atoms with Crippen LogP contribution in [0.3, 0.4) is 0 Å². The summed E-state index contributed by atoms with van der Waals surface area (Å²) in [5.74, 6) is -0.152. The molecule has 3 aromatic rings. The van der Waals surface area contributed by atoms with Gasteiger partial charge >= 0.3 is 0 Å². The lowest BCUT2D eigenvalue weighted by Gasteiger charge is -2.23. The van der Waals surface area contributed by atoms with Crippen molar-refractivity contribution in [1.29, 1.82) is 0 Å². The highest BCUT2D eigenvalue weighted by atomic mass is 79.9. The molecule has 0 aliphatic carbocycles. The summed E-state index contributed by atoms with van der Waals surface area (Å²) in [6, 6.07) is 7.57. The van der Waals surface area contributed by atoms with Crippen LogP contribution in [0.2, 0.25) is 0 Å². The Morgan fingerprint density at radius 3 is 2.77 bits per heavy atom. The predicted molar refractivity (Wildman–Crippen MR) is 116 cm³/mol. The normalized spacial score (nSPS) is 14.4. The van der Waals surface area contributed by atoms with Crippen LogP contribution in [0.5, 0.6) is 0 Å². The summed E-state index contributed by atoms with van der Waals surface area (Å²) in [5, 5.41) is 15.6. The van der Waals surface area contributed by atoms with E-state index in [4.69, 9.17) is 10.4 Å². The topological polar surface area (TPSA) is 141 Å². The summed E-state index contributed by atoms with van der Waals surface area (Å²) in [6.45, 7) is 6.54. The van der Waals surface area contributed by atoms with Crippen LogP contribution in [-0.4, -0.2) is 44.3 Å². The molecule has 2 aromatic heterocycles. The van der Waals surface area contributed by atoms with E-state index in [2.05, 4.69) is 54.0 Å². The zero-order valence-corrected chi connectivity index (χ0v) is 18.4. The summed E-state index contributed by atoms with van der Waals surface area (Å²) < 4.78 is 7.04. The Balaban J connectivity index is 1.55. The van der Waals surface area contributed by atoms with Crippen LogP contribution in [0.15, 0.2) is 39.9 Å². The number of likely N-dealkylation sites (tertiary alicyclic amines) is 1. The van der Waals surface area contributed by atoms with E-state index in [9.17, 15) is 4.79 Å². The van der Waals surface area contributed by atoms with Crippen molar-refractivity contribution < 1.29 is 14.3 Å². The molecule has 0 saturated carbocycles. The van der Waals surface area contributed by atoms with E-state index in [1.54, 1.807) is 0 Å². The molecule has 0 spiro atoms. The van der Waals surface area contributed by atoms with Crippen LogP contribution < -0.4 is 21.5 Å². The maximum absolute atomic E-state index is 12.9. The molecule has 1 amide bonds.